The van der Waals surface area contributed by atoms with Gasteiger partial charge >= 0.3 is 0 Å². The number of carbonyl (C=O) groups is 1. The van der Waals surface area contributed by atoms with E-state index in [2.05, 4.69) is 11.8 Å². The average molecular weight is 417 g/mol. The van der Waals surface area contributed by atoms with Crippen LogP contribution in [0.4, 0.5) is 0 Å². The number of carbonyl (C=O) groups excluding carboxylic acids is 1. The number of hydrogen-bond donors (Lipinski definition) is 1. The van der Waals surface area contributed by atoms with E-state index in [0.29, 0.717) is 0 Å². The van der Waals surface area contributed by atoms with Crippen LogP contribution in [0.15, 0.2) is 24.3 Å². The van der Waals surface area contributed by atoms with Gasteiger partial charge in [-0.1, -0.05) is 36.8 Å². The fourth-order valence-electron chi connectivity index (χ4n) is 5.02. The molecule has 3 aliphatic rings. The molecule has 3 atom stereocenters. The molecule has 29 heavy (non-hydrogen) atoms. The summed E-state index contributed by atoms with van der Waals surface area (Å²) in [4.78, 5) is 14.1. The van der Waals surface area contributed by atoms with E-state index in [1.807, 2.05) is 24.3 Å². The largest absolute Gasteiger partial charge is 0.394 e. The Morgan fingerprint density at radius 3 is 2.48 bits per heavy atom. The summed E-state index contributed by atoms with van der Waals surface area (Å²) < 4.78 is 25.1. The molecule has 2 heterocycles. The second-order valence-electron chi connectivity index (χ2n) is 8.48. The molecule has 1 N–H and O–H groups in total. The van der Waals surface area contributed by atoms with Crippen LogP contribution in [0, 0.1) is 17.8 Å². The van der Waals surface area contributed by atoms with Crippen LogP contribution < -0.4 is 0 Å². The van der Waals surface area contributed by atoms with Crippen LogP contribution in [0.25, 0.3) is 0 Å². The minimum Gasteiger partial charge on any atom is -0.394 e. The molecule has 1 aliphatic carbocycles. The Morgan fingerprint density at radius 2 is 1.86 bits per heavy atom. The van der Waals surface area contributed by atoms with Crippen LogP contribution in [0.2, 0.25) is 0 Å². The summed E-state index contributed by atoms with van der Waals surface area (Å²) in [6.45, 7) is -0.00249. The highest BCUT2D eigenvalue weighted by atomic mass is 32.2. The first-order valence-electron chi connectivity index (χ1n) is 10.3. The van der Waals surface area contributed by atoms with Gasteiger partial charge in [-0.2, -0.15) is 4.31 Å². The van der Waals surface area contributed by atoms with Crippen molar-refractivity contribution in [2.75, 3.05) is 26.0 Å². The van der Waals surface area contributed by atoms with Gasteiger partial charge in [-0.05, 0) is 36.5 Å². The smallest absolute Gasteiger partial charge is 0.238 e. The van der Waals surface area contributed by atoms with Crippen molar-refractivity contribution in [1.82, 2.24) is 9.21 Å². The van der Waals surface area contributed by atoms with E-state index in [0.717, 1.165) is 29.7 Å². The van der Waals surface area contributed by atoms with E-state index in [4.69, 9.17) is 0 Å². The number of aliphatic hydroxyl groups excluding tert-OH is 1. The highest BCUT2D eigenvalue weighted by molar-refractivity contribution is 7.88. The molecule has 0 aromatic heterocycles. The number of nitrogens with zero attached hydrogens (tertiary/aromatic N) is 2. The lowest BCUT2D eigenvalue weighted by molar-refractivity contribution is -0.158. The van der Waals surface area contributed by atoms with Crippen molar-refractivity contribution in [2.45, 2.75) is 50.1 Å². The molecule has 6 nitrogen and oxygen atoms in total. The normalized spacial score (nSPS) is 27.9. The molecule has 2 saturated heterocycles. The van der Waals surface area contributed by atoms with Crippen molar-refractivity contribution < 1.29 is 18.3 Å². The lowest BCUT2D eigenvalue weighted by atomic mass is 9.74. The van der Waals surface area contributed by atoms with Crippen molar-refractivity contribution in [3.63, 3.8) is 0 Å². The van der Waals surface area contributed by atoms with Gasteiger partial charge in [0.15, 0.2) is 0 Å². The molecule has 0 spiro atoms. The van der Waals surface area contributed by atoms with E-state index in [9.17, 15) is 18.3 Å². The van der Waals surface area contributed by atoms with Gasteiger partial charge in [0.2, 0.25) is 15.9 Å². The van der Waals surface area contributed by atoms with Crippen molar-refractivity contribution in [1.29, 1.82) is 0 Å². The molecule has 1 aromatic carbocycles. The first kappa shape index (κ1) is 20.4. The second-order valence-corrected chi connectivity index (χ2v) is 10.5. The minimum atomic E-state index is -3.43. The maximum absolute atomic E-state index is 12.4. The zero-order valence-electron chi connectivity index (χ0n) is 16.8. The Hall–Kier alpha value is -1.88. The van der Waals surface area contributed by atoms with Gasteiger partial charge in [-0.25, -0.2) is 8.42 Å². The van der Waals surface area contributed by atoms with Crippen LogP contribution in [-0.2, 0) is 14.8 Å². The predicted molar refractivity (Wildman–Crippen MR) is 111 cm³/mol. The molecule has 7 heteroatoms. The molecule has 0 unspecified atom stereocenters. The number of piperazine rings is 1. The lowest BCUT2D eigenvalue weighted by Crippen LogP contribution is -2.73. The number of fused-ring (bicyclic) bond motifs is 1. The highest BCUT2D eigenvalue weighted by Gasteiger charge is 2.54. The van der Waals surface area contributed by atoms with E-state index < -0.39 is 10.0 Å². The molecule has 2 aliphatic heterocycles. The Bertz CT molecular complexity index is 926. The topological polar surface area (TPSA) is 77.9 Å². The highest BCUT2D eigenvalue weighted by Crippen LogP contribution is 2.43. The Kier molecular flexibility index (Phi) is 5.69. The third kappa shape index (κ3) is 4.07. The summed E-state index contributed by atoms with van der Waals surface area (Å²) in [6.07, 6.45) is 7.32. The van der Waals surface area contributed by atoms with E-state index in [1.165, 1.54) is 30.0 Å². The number of rotatable bonds is 4. The van der Waals surface area contributed by atoms with Crippen LogP contribution in [0.1, 0.15) is 49.1 Å². The zero-order chi connectivity index (χ0) is 20.6. The quantitative estimate of drug-likeness (QED) is 0.756. The first-order valence-corrected chi connectivity index (χ1v) is 12.2. The SMILES string of the molecule is CS(=O)(=O)N1CC(=O)N2[C@H](CO)[C@@H](c3ccc(C#CCC4CCCC4)cc3)[C@@H]2C1. The molecule has 1 aromatic rings. The van der Waals surface area contributed by atoms with E-state index in [1.54, 1.807) is 4.90 Å². The van der Waals surface area contributed by atoms with Crippen molar-refractivity contribution >= 4 is 15.9 Å². The molecule has 0 bridgehead atoms. The molecular weight excluding hydrogens is 388 g/mol. The Morgan fingerprint density at radius 1 is 1.17 bits per heavy atom. The van der Waals surface area contributed by atoms with Gasteiger partial charge in [-0.15, -0.1) is 0 Å². The number of aliphatic hydroxyl groups is 1. The Labute approximate surface area is 172 Å². The van der Waals surface area contributed by atoms with E-state index >= 15 is 0 Å². The average Bonchev–Trinajstić information content (AvgIpc) is 3.17. The third-order valence-electron chi connectivity index (χ3n) is 6.58. The standard InChI is InChI=1S/C22H28N2O4S/c1-29(27,28)23-13-19-22(20(15-25)24(19)21(26)14-23)18-11-9-17(10-12-18)8-4-7-16-5-2-3-6-16/h9-12,16,19-20,22,25H,2-3,5-7,13-15H2,1H3/t19-,20+,22-/m0/s1. The summed E-state index contributed by atoms with van der Waals surface area (Å²) in [5.41, 5.74) is 1.97. The number of amides is 1. The zero-order valence-corrected chi connectivity index (χ0v) is 17.6. The fraction of sp³-hybridized carbons (Fsp3) is 0.591. The second kappa shape index (κ2) is 8.10. The number of benzene rings is 1. The summed E-state index contributed by atoms with van der Waals surface area (Å²) in [5.74, 6) is 6.97. The van der Waals surface area contributed by atoms with Crippen LogP contribution >= 0.6 is 0 Å². The van der Waals surface area contributed by atoms with Crippen molar-refractivity contribution in [2.24, 2.45) is 5.92 Å². The van der Waals surface area contributed by atoms with Gasteiger partial charge in [-0.3, -0.25) is 4.79 Å². The summed E-state index contributed by atoms with van der Waals surface area (Å²) in [6, 6.07) is 7.42. The molecule has 156 valence electrons. The van der Waals surface area contributed by atoms with Gasteiger partial charge in [0.1, 0.15) is 0 Å². The summed E-state index contributed by atoms with van der Waals surface area (Å²) in [7, 11) is -3.43. The predicted octanol–water partition coefficient (Wildman–Crippen LogP) is 1.55. The monoisotopic (exact) mass is 416 g/mol. The van der Waals surface area contributed by atoms with Crippen LogP contribution in [0.3, 0.4) is 0 Å². The van der Waals surface area contributed by atoms with Crippen LogP contribution in [-0.4, -0.2) is 66.7 Å². The van der Waals surface area contributed by atoms with Crippen molar-refractivity contribution in [3.8, 4) is 11.8 Å². The lowest BCUT2D eigenvalue weighted by Gasteiger charge is -2.58. The fourth-order valence-corrected chi connectivity index (χ4v) is 5.79. The minimum absolute atomic E-state index is 0.0750. The summed E-state index contributed by atoms with van der Waals surface area (Å²) in [5, 5.41) is 9.83. The van der Waals surface area contributed by atoms with Gasteiger partial charge < -0.3 is 10.0 Å². The first-order chi connectivity index (χ1) is 13.9. The molecule has 1 amide bonds. The molecule has 4 rings (SSSR count). The Balaban J connectivity index is 1.48. The molecule has 1 saturated carbocycles. The maximum atomic E-state index is 12.4. The molecule has 0 radical (unpaired) electrons. The number of sulfonamides is 1. The van der Waals surface area contributed by atoms with Gasteiger partial charge in [0.25, 0.3) is 0 Å². The van der Waals surface area contributed by atoms with Crippen LogP contribution in [0.5, 0.6) is 0 Å². The maximum Gasteiger partial charge on any atom is 0.238 e. The third-order valence-corrected chi connectivity index (χ3v) is 7.80. The number of hydrogen-bond acceptors (Lipinski definition) is 4. The summed E-state index contributed by atoms with van der Waals surface area (Å²) >= 11 is 0. The van der Waals surface area contributed by atoms with Gasteiger partial charge in [0, 0.05) is 24.4 Å². The van der Waals surface area contributed by atoms with E-state index in [-0.39, 0.29) is 43.6 Å². The molecule has 3 fully saturated rings. The molecular formula is C22H28N2O4S. The van der Waals surface area contributed by atoms with Gasteiger partial charge in [0.05, 0.1) is 31.5 Å². The van der Waals surface area contributed by atoms with Crippen molar-refractivity contribution in [3.05, 3.63) is 35.4 Å².